The number of carbonyl (C=O) groups is 1. The van der Waals surface area contributed by atoms with Crippen LogP contribution in [0, 0.1) is 0 Å². The number of amides is 1. The van der Waals surface area contributed by atoms with Gasteiger partial charge in [-0.3, -0.25) is 4.79 Å². The van der Waals surface area contributed by atoms with Crippen LogP contribution in [-0.4, -0.2) is 68.6 Å². The molecule has 0 saturated carbocycles. The van der Waals surface area contributed by atoms with Crippen molar-refractivity contribution >= 4 is 27.3 Å². The third-order valence-corrected chi connectivity index (χ3v) is 6.57. The Kier molecular flexibility index (Phi) is 7.01. The van der Waals surface area contributed by atoms with Crippen molar-refractivity contribution in [3.8, 4) is 0 Å². The highest BCUT2D eigenvalue weighted by Gasteiger charge is 2.25. The first-order valence-corrected chi connectivity index (χ1v) is 10.5. The zero-order chi connectivity index (χ0) is 16.7. The van der Waals surface area contributed by atoms with Crippen molar-refractivity contribution in [3.63, 3.8) is 0 Å². The molecule has 0 radical (unpaired) electrons. The number of rotatable bonds is 8. The molecule has 1 aliphatic rings. The smallest absolute Gasteiger partial charge is 0.227 e. The summed E-state index contributed by atoms with van der Waals surface area (Å²) >= 11 is 1.55. The lowest BCUT2D eigenvalue weighted by molar-refractivity contribution is -0.130. The predicted molar refractivity (Wildman–Crippen MR) is 93.1 cm³/mol. The Morgan fingerprint density at radius 1 is 1.35 bits per heavy atom. The van der Waals surface area contributed by atoms with E-state index in [0.717, 1.165) is 11.3 Å². The van der Waals surface area contributed by atoms with E-state index in [-0.39, 0.29) is 18.2 Å². The average Bonchev–Trinajstić information content (AvgIpc) is 3.05. The maximum absolute atomic E-state index is 12.4. The van der Waals surface area contributed by atoms with Crippen molar-refractivity contribution < 1.29 is 13.2 Å². The summed E-state index contributed by atoms with van der Waals surface area (Å²) in [7, 11) is -3.29. The van der Waals surface area contributed by atoms with Crippen molar-refractivity contribution in [2.24, 2.45) is 0 Å². The highest BCUT2D eigenvalue weighted by atomic mass is 32.2. The van der Waals surface area contributed by atoms with Gasteiger partial charge in [-0.15, -0.1) is 11.3 Å². The minimum Gasteiger partial charge on any atom is -0.341 e. The van der Waals surface area contributed by atoms with Gasteiger partial charge in [0, 0.05) is 44.1 Å². The fraction of sp³-hybridized carbons (Fsp3) is 0.667. The standard InChI is InChI=1S/C15H25N3O3S2/c1-2-7-17(15(19)13-14-4-3-11-22-14)10-12-23(20,21)18-8-5-16-6-9-18/h3-4,11,16H,2,5-10,12-13H2,1H3. The lowest BCUT2D eigenvalue weighted by Crippen LogP contribution is -2.48. The number of nitrogens with zero attached hydrogens (tertiary/aromatic N) is 2. The summed E-state index contributed by atoms with van der Waals surface area (Å²) in [5.41, 5.74) is 0. The average molecular weight is 360 g/mol. The lowest BCUT2D eigenvalue weighted by Gasteiger charge is -2.28. The fourth-order valence-corrected chi connectivity index (χ4v) is 4.73. The Labute approximate surface area is 142 Å². The molecule has 0 atom stereocenters. The number of hydrogen-bond acceptors (Lipinski definition) is 5. The third kappa shape index (κ3) is 5.56. The zero-order valence-electron chi connectivity index (χ0n) is 13.5. The van der Waals surface area contributed by atoms with Gasteiger partial charge in [0.25, 0.3) is 0 Å². The second-order valence-electron chi connectivity index (χ2n) is 5.60. The molecule has 1 N–H and O–H groups in total. The number of piperazine rings is 1. The number of nitrogens with one attached hydrogen (secondary N) is 1. The molecule has 0 aliphatic carbocycles. The molecule has 2 heterocycles. The molecule has 1 fully saturated rings. The van der Waals surface area contributed by atoms with Gasteiger partial charge < -0.3 is 10.2 Å². The maximum atomic E-state index is 12.4. The second-order valence-corrected chi connectivity index (χ2v) is 8.72. The molecule has 0 spiro atoms. The predicted octanol–water partition coefficient (Wildman–Crippen LogP) is 0.764. The van der Waals surface area contributed by atoms with Crippen molar-refractivity contribution in [3.05, 3.63) is 22.4 Å². The molecule has 8 heteroatoms. The number of hydrogen-bond donors (Lipinski definition) is 1. The van der Waals surface area contributed by atoms with Crippen molar-refractivity contribution in [1.82, 2.24) is 14.5 Å². The molecule has 0 aromatic carbocycles. The minimum absolute atomic E-state index is 0.00316. The van der Waals surface area contributed by atoms with Crippen LogP contribution in [0.3, 0.4) is 0 Å². The van der Waals surface area contributed by atoms with Gasteiger partial charge in [0.1, 0.15) is 0 Å². The normalized spacial score (nSPS) is 16.4. The van der Waals surface area contributed by atoms with E-state index in [9.17, 15) is 13.2 Å². The van der Waals surface area contributed by atoms with E-state index in [2.05, 4.69) is 5.32 Å². The monoisotopic (exact) mass is 359 g/mol. The molecule has 1 aliphatic heterocycles. The van der Waals surface area contributed by atoms with E-state index in [1.165, 1.54) is 4.31 Å². The third-order valence-electron chi connectivity index (χ3n) is 3.84. The number of carbonyl (C=O) groups excluding carboxylic acids is 1. The first kappa shape index (κ1) is 18.4. The summed E-state index contributed by atoms with van der Waals surface area (Å²) < 4.78 is 26.3. The SMILES string of the molecule is CCCN(CCS(=O)(=O)N1CCNCC1)C(=O)Cc1cccs1. The Morgan fingerprint density at radius 3 is 2.70 bits per heavy atom. The summed E-state index contributed by atoms with van der Waals surface area (Å²) in [5, 5.41) is 5.09. The summed E-state index contributed by atoms with van der Waals surface area (Å²) in [6, 6.07) is 3.86. The van der Waals surface area contributed by atoms with Crippen molar-refractivity contribution in [2.45, 2.75) is 19.8 Å². The molecule has 23 heavy (non-hydrogen) atoms. The van der Waals surface area contributed by atoms with Crippen LogP contribution in [0.2, 0.25) is 0 Å². The fourth-order valence-electron chi connectivity index (χ4n) is 2.58. The number of sulfonamides is 1. The van der Waals surface area contributed by atoms with Gasteiger partial charge >= 0.3 is 0 Å². The van der Waals surface area contributed by atoms with Gasteiger partial charge in [0.05, 0.1) is 12.2 Å². The van der Waals surface area contributed by atoms with E-state index in [1.54, 1.807) is 16.2 Å². The largest absolute Gasteiger partial charge is 0.341 e. The molecule has 1 saturated heterocycles. The van der Waals surface area contributed by atoms with E-state index in [1.807, 2.05) is 24.4 Å². The number of thiophene rings is 1. The van der Waals surface area contributed by atoms with E-state index >= 15 is 0 Å². The molecule has 0 unspecified atom stereocenters. The first-order valence-electron chi connectivity index (χ1n) is 8.01. The first-order chi connectivity index (χ1) is 11.0. The molecule has 6 nitrogen and oxygen atoms in total. The van der Waals surface area contributed by atoms with Crippen LogP contribution in [-0.2, 0) is 21.2 Å². The molecule has 0 bridgehead atoms. The maximum Gasteiger partial charge on any atom is 0.227 e. The van der Waals surface area contributed by atoms with Crippen LogP contribution in [0.25, 0.3) is 0 Å². The highest BCUT2D eigenvalue weighted by Crippen LogP contribution is 2.11. The topological polar surface area (TPSA) is 69.7 Å². The summed E-state index contributed by atoms with van der Waals surface area (Å²) in [6.07, 6.45) is 1.18. The van der Waals surface area contributed by atoms with Crippen LogP contribution in [0.5, 0.6) is 0 Å². The molecule has 1 aromatic rings. The van der Waals surface area contributed by atoms with Crippen LogP contribution in [0.4, 0.5) is 0 Å². The lowest BCUT2D eigenvalue weighted by atomic mass is 10.3. The van der Waals surface area contributed by atoms with E-state index < -0.39 is 10.0 Å². The minimum atomic E-state index is -3.29. The van der Waals surface area contributed by atoms with Gasteiger partial charge in [-0.1, -0.05) is 13.0 Å². The van der Waals surface area contributed by atoms with E-state index in [0.29, 0.717) is 39.1 Å². The van der Waals surface area contributed by atoms with Crippen molar-refractivity contribution in [1.29, 1.82) is 0 Å². The zero-order valence-corrected chi connectivity index (χ0v) is 15.2. The van der Waals surface area contributed by atoms with Gasteiger partial charge in [0.2, 0.25) is 15.9 Å². The summed E-state index contributed by atoms with van der Waals surface area (Å²) in [4.78, 5) is 15.1. The summed E-state index contributed by atoms with van der Waals surface area (Å²) in [5.74, 6) is 0.00761. The van der Waals surface area contributed by atoms with Crippen LogP contribution < -0.4 is 5.32 Å². The quantitative estimate of drug-likeness (QED) is 0.744. The summed E-state index contributed by atoms with van der Waals surface area (Å²) in [6.45, 7) is 5.27. The Balaban J connectivity index is 1.91. The van der Waals surface area contributed by atoms with Crippen LogP contribution in [0.15, 0.2) is 17.5 Å². The van der Waals surface area contributed by atoms with Gasteiger partial charge in [0.15, 0.2) is 0 Å². The molecule has 2 rings (SSSR count). The van der Waals surface area contributed by atoms with E-state index in [4.69, 9.17) is 0 Å². The van der Waals surface area contributed by atoms with Gasteiger partial charge in [-0.05, 0) is 17.9 Å². The van der Waals surface area contributed by atoms with Crippen LogP contribution >= 0.6 is 11.3 Å². The molecular formula is C15H25N3O3S2. The van der Waals surface area contributed by atoms with Gasteiger partial charge in [-0.25, -0.2) is 8.42 Å². The molecule has 1 amide bonds. The Morgan fingerprint density at radius 2 is 2.09 bits per heavy atom. The molecular weight excluding hydrogens is 334 g/mol. The second kappa shape index (κ2) is 8.77. The molecule has 1 aromatic heterocycles. The highest BCUT2D eigenvalue weighted by molar-refractivity contribution is 7.89. The Bertz CT molecular complexity index is 581. The van der Waals surface area contributed by atoms with Crippen LogP contribution in [0.1, 0.15) is 18.2 Å². The van der Waals surface area contributed by atoms with Gasteiger partial charge in [-0.2, -0.15) is 4.31 Å². The molecule has 130 valence electrons. The van der Waals surface area contributed by atoms with Crippen molar-refractivity contribution in [2.75, 3.05) is 45.0 Å². The Hall–Kier alpha value is -0.960.